The van der Waals surface area contributed by atoms with Gasteiger partial charge in [0.25, 0.3) is 0 Å². The van der Waals surface area contributed by atoms with Crippen LogP contribution in [-0.4, -0.2) is 84.4 Å². The second-order valence-electron chi connectivity index (χ2n) is 10.4. The first kappa shape index (κ1) is 33.3. The summed E-state index contributed by atoms with van der Waals surface area (Å²) in [6, 6.07) is 19.9. The number of aldehydes is 1. The predicted octanol–water partition coefficient (Wildman–Crippen LogP) is 4.41. The number of carbonyl (C=O) groups is 1. The van der Waals surface area contributed by atoms with Gasteiger partial charge < -0.3 is 42.7 Å². The summed E-state index contributed by atoms with van der Waals surface area (Å²) >= 11 is 0. The van der Waals surface area contributed by atoms with Crippen LogP contribution in [0.15, 0.2) is 60.7 Å². The molecule has 0 aromatic heterocycles. The zero-order chi connectivity index (χ0) is 29.6. The highest BCUT2D eigenvalue weighted by Gasteiger charge is 2.49. The van der Waals surface area contributed by atoms with E-state index in [0.29, 0.717) is 19.6 Å². The molecule has 0 N–H and O–H groups in total. The van der Waals surface area contributed by atoms with Crippen LogP contribution in [0.5, 0.6) is 0 Å². The molecule has 0 radical (unpaired) electrons. The van der Waals surface area contributed by atoms with E-state index in [1.165, 1.54) is 0 Å². The molecular weight excluding hydrogens is 528 g/mol. The van der Waals surface area contributed by atoms with E-state index in [1.54, 1.807) is 28.4 Å². The van der Waals surface area contributed by atoms with Crippen molar-refractivity contribution >= 4 is 6.29 Å². The quantitative estimate of drug-likeness (QED) is 0.190. The first-order chi connectivity index (χ1) is 20.0. The number of methoxy groups -OCH3 is 4. The summed E-state index contributed by atoms with van der Waals surface area (Å²) in [6.45, 7) is 4.64. The average Bonchev–Trinajstić information content (AvgIpc) is 3.01. The number of ether oxygens (including phenoxy) is 8. The van der Waals surface area contributed by atoms with E-state index in [-0.39, 0.29) is 30.8 Å². The summed E-state index contributed by atoms with van der Waals surface area (Å²) in [5.74, 6) is -0.480. The molecule has 1 saturated heterocycles. The van der Waals surface area contributed by atoms with E-state index in [9.17, 15) is 4.79 Å². The van der Waals surface area contributed by atoms with Gasteiger partial charge in [-0.05, 0) is 11.1 Å². The SMILES string of the molecule is COCO[C@H](C[C@H]1O[C@H](OC)[C@H](OCc2ccccc2)[C@@H](OCc2ccccc2)[C@H]1OC)[C@H](C)[C@H](OC)[C@@H](C)C=O. The molecule has 1 aliphatic rings. The van der Waals surface area contributed by atoms with Gasteiger partial charge in [0.15, 0.2) is 6.29 Å². The highest BCUT2D eigenvalue weighted by Crippen LogP contribution is 2.34. The molecule has 0 amide bonds. The zero-order valence-corrected chi connectivity index (χ0v) is 25.0. The maximum absolute atomic E-state index is 11.6. The van der Waals surface area contributed by atoms with Gasteiger partial charge in [0.05, 0.1) is 31.5 Å². The Bertz CT molecular complexity index is 976. The average molecular weight is 575 g/mol. The molecular formula is C32H46O9. The van der Waals surface area contributed by atoms with Crippen molar-refractivity contribution in [3.63, 3.8) is 0 Å². The van der Waals surface area contributed by atoms with Crippen LogP contribution >= 0.6 is 0 Å². The fourth-order valence-electron chi connectivity index (χ4n) is 5.46. The van der Waals surface area contributed by atoms with Gasteiger partial charge in [0.1, 0.15) is 31.4 Å². The number of hydrogen-bond donors (Lipinski definition) is 0. The Morgan fingerprint density at radius 1 is 0.805 bits per heavy atom. The van der Waals surface area contributed by atoms with E-state index in [1.807, 2.05) is 74.5 Å². The van der Waals surface area contributed by atoms with Gasteiger partial charge in [-0.25, -0.2) is 0 Å². The third-order valence-electron chi connectivity index (χ3n) is 7.64. The Kier molecular flexibility index (Phi) is 14.4. The van der Waals surface area contributed by atoms with Crippen LogP contribution in [0.25, 0.3) is 0 Å². The van der Waals surface area contributed by atoms with E-state index in [2.05, 4.69) is 0 Å². The molecule has 0 bridgehead atoms. The van der Waals surface area contributed by atoms with Crippen LogP contribution in [0.2, 0.25) is 0 Å². The van der Waals surface area contributed by atoms with E-state index < -0.39 is 30.7 Å². The summed E-state index contributed by atoms with van der Waals surface area (Å²) in [7, 11) is 6.41. The Morgan fingerprint density at radius 3 is 1.88 bits per heavy atom. The largest absolute Gasteiger partial charge is 0.380 e. The Morgan fingerprint density at radius 2 is 1.39 bits per heavy atom. The van der Waals surface area contributed by atoms with Crippen molar-refractivity contribution in [2.75, 3.05) is 35.2 Å². The molecule has 9 heteroatoms. The normalized spacial score (nSPS) is 25.8. The van der Waals surface area contributed by atoms with Crippen molar-refractivity contribution in [2.45, 2.75) is 76.4 Å². The Hall–Kier alpha value is -2.21. The summed E-state index contributed by atoms with van der Waals surface area (Å²) in [5.41, 5.74) is 2.05. The molecule has 0 aliphatic carbocycles. The van der Waals surface area contributed by atoms with Gasteiger partial charge in [-0.1, -0.05) is 74.5 Å². The van der Waals surface area contributed by atoms with E-state index in [0.717, 1.165) is 17.4 Å². The molecule has 9 nitrogen and oxygen atoms in total. The van der Waals surface area contributed by atoms with Crippen molar-refractivity contribution in [1.82, 2.24) is 0 Å². The smallest absolute Gasteiger partial charge is 0.186 e. The zero-order valence-electron chi connectivity index (χ0n) is 25.0. The highest BCUT2D eigenvalue weighted by molar-refractivity contribution is 5.53. The molecule has 1 aliphatic heterocycles. The summed E-state index contributed by atoms with van der Waals surface area (Å²) in [5, 5.41) is 0. The fourth-order valence-corrected chi connectivity index (χ4v) is 5.46. The van der Waals surface area contributed by atoms with Crippen molar-refractivity contribution in [3.8, 4) is 0 Å². The molecule has 228 valence electrons. The first-order valence-electron chi connectivity index (χ1n) is 14.1. The van der Waals surface area contributed by atoms with Crippen LogP contribution in [0.4, 0.5) is 0 Å². The monoisotopic (exact) mass is 574 g/mol. The van der Waals surface area contributed by atoms with Crippen molar-refractivity contribution in [3.05, 3.63) is 71.8 Å². The molecule has 9 atom stereocenters. The molecule has 41 heavy (non-hydrogen) atoms. The standard InChI is InChI=1S/C32H46O9/c1-22(18-33)28(35-4)23(2)26(40-21-34-3)17-27-29(36-5)30(38-19-24-13-9-7-10-14-24)31(32(37-6)41-27)39-20-25-15-11-8-12-16-25/h7-16,18,22-23,26-32H,17,19-21H2,1-6H3/t22-,23-,26+,27+,28+,29-,30-,31+,32-/m0/s1. The third-order valence-corrected chi connectivity index (χ3v) is 7.64. The van der Waals surface area contributed by atoms with Gasteiger partial charge in [0.2, 0.25) is 0 Å². The first-order valence-corrected chi connectivity index (χ1v) is 14.1. The molecule has 3 rings (SSSR count). The maximum atomic E-state index is 11.6. The van der Waals surface area contributed by atoms with Crippen LogP contribution < -0.4 is 0 Å². The maximum Gasteiger partial charge on any atom is 0.186 e. The Balaban J connectivity index is 1.88. The third kappa shape index (κ3) is 9.39. The minimum atomic E-state index is -0.721. The Labute approximate surface area is 244 Å². The molecule has 1 heterocycles. The lowest BCUT2D eigenvalue weighted by Crippen LogP contribution is -2.61. The molecule has 2 aromatic carbocycles. The van der Waals surface area contributed by atoms with E-state index in [4.69, 9.17) is 37.9 Å². The molecule has 0 saturated carbocycles. The second kappa shape index (κ2) is 17.7. The van der Waals surface area contributed by atoms with Crippen molar-refractivity contribution in [1.29, 1.82) is 0 Å². The lowest BCUT2D eigenvalue weighted by molar-refractivity contribution is -0.318. The van der Waals surface area contributed by atoms with Crippen LogP contribution in [0.3, 0.4) is 0 Å². The van der Waals surface area contributed by atoms with Gasteiger partial charge in [-0.15, -0.1) is 0 Å². The number of hydrogen-bond acceptors (Lipinski definition) is 9. The van der Waals surface area contributed by atoms with E-state index >= 15 is 0 Å². The lowest BCUT2D eigenvalue weighted by Gasteiger charge is -2.46. The van der Waals surface area contributed by atoms with Gasteiger partial charge in [0, 0.05) is 46.7 Å². The van der Waals surface area contributed by atoms with Crippen LogP contribution in [-0.2, 0) is 55.9 Å². The molecule has 2 aromatic rings. The number of rotatable bonds is 18. The van der Waals surface area contributed by atoms with Gasteiger partial charge in [-0.3, -0.25) is 0 Å². The minimum Gasteiger partial charge on any atom is -0.380 e. The molecule has 0 unspecified atom stereocenters. The number of benzene rings is 2. The highest BCUT2D eigenvalue weighted by atomic mass is 16.7. The van der Waals surface area contributed by atoms with Crippen molar-refractivity contribution < 1.29 is 42.7 Å². The summed E-state index contributed by atoms with van der Waals surface area (Å²) in [6.07, 6.45) is -2.20. The van der Waals surface area contributed by atoms with Crippen LogP contribution in [0, 0.1) is 11.8 Å². The number of carbonyl (C=O) groups excluding carboxylic acids is 1. The minimum absolute atomic E-state index is 0.0791. The topological polar surface area (TPSA) is 90.9 Å². The van der Waals surface area contributed by atoms with Crippen LogP contribution in [0.1, 0.15) is 31.4 Å². The summed E-state index contributed by atoms with van der Waals surface area (Å²) < 4.78 is 48.4. The van der Waals surface area contributed by atoms with Gasteiger partial charge in [-0.2, -0.15) is 0 Å². The summed E-state index contributed by atoms with van der Waals surface area (Å²) in [4.78, 5) is 11.6. The predicted molar refractivity (Wildman–Crippen MR) is 153 cm³/mol. The molecule has 0 spiro atoms. The fraction of sp³-hybridized carbons (Fsp3) is 0.594. The lowest BCUT2D eigenvalue weighted by atomic mass is 9.85. The molecule has 1 fully saturated rings. The van der Waals surface area contributed by atoms with Crippen molar-refractivity contribution in [2.24, 2.45) is 11.8 Å². The van der Waals surface area contributed by atoms with Gasteiger partial charge >= 0.3 is 0 Å². The second-order valence-corrected chi connectivity index (χ2v) is 10.4.